The second kappa shape index (κ2) is 12.2. The van der Waals surface area contributed by atoms with Crippen molar-refractivity contribution in [3.8, 4) is 5.75 Å². The monoisotopic (exact) mass is 516 g/mol. The van der Waals surface area contributed by atoms with E-state index in [0.29, 0.717) is 30.0 Å². The Hall–Kier alpha value is -3.40. The minimum absolute atomic E-state index is 0.310. The summed E-state index contributed by atoms with van der Waals surface area (Å²) in [4.78, 5) is 2.88. The Labute approximate surface area is 233 Å². The third-order valence-electron chi connectivity index (χ3n) is 9.05. The smallest absolute Gasteiger partial charge is 0.123 e. The summed E-state index contributed by atoms with van der Waals surface area (Å²) >= 11 is 0. The summed E-state index contributed by atoms with van der Waals surface area (Å²) in [6, 6.07) is 43.2. The van der Waals surface area contributed by atoms with Crippen molar-refractivity contribution in [2.45, 2.75) is 56.3 Å². The van der Waals surface area contributed by atoms with Crippen LogP contribution in [0.4, 0.5) is 0 Å². The summed E-state index contributed by atoms with van der Waals surface area (Å²) in [5, 5.41) is 4.09. The molecule has 0 aliphatic carbocycles. The van der Waals surface area contributed by atoms with Gasteiger partial charge in [0.2, 0.25) is 0 Å². The molecule has 1 N–H and O–H groups in total. The van der Waals surface area contributed by atoms with Crippen LogP contribution < -0.4 is 10.1 Å². The first kappa shape index (κ1) is 25.9. The molecule has 0 saturated carbocycles. The van der Waals surface area contributed by atoms with Crippen molar-refractivity contribution in [2.75, 3.05) is 13.7 Å². The van der Waals surface area contributed by atoms with E-state index in [9.17, 15) is 0 Å². The fourth-order valence-electron chi connectivity index (χ4n) is 7.24. The molecule has 200 valence electrons. The van der Waals surface area contributed by atoms with Gasteiger partial charge in [-0.2, -0.15) is 0 Å². The molecule has 0 radical (unpaired) electrons. The second-order valence-electron chi connectivity index (χ2n) is 11.2. The van der Waals surface area contributed by atoms with Crippen molar-refractivity contribution >= 4 is 0 Å². The molecule has 2 bridgehead atoms. The highest BCUT2D eigenvalue weighted by Gasteiger charge is 2.49. The van der Waals surface area contributed by atoms with Crippen molar-refractivity contribution in [3.63, 3.8) is 0 Å². The van der Waals surface area contributed by atoms with Gasteiger partial charge >= 0.3 is 0 Å². The molecule has 3 saturated heterocycles. The number of benzene rings is 4. The van der Waals surface area contributed by atoms with Gasteiger partial charge in [-0.1, -0.05) is 109 Å². The van der Waals surface area contributed by atoms with Crippen LogP contribution in [-0.2, 0) is 13.0 Å². The number of aryl methyl sites for hydroxylation is 1. The second-order valence-corrected chi connectivity index (χ2v) is 11.2. The van der Waals surface area contributed by atoms with Crippen LogP contribution in [0.3, 0.4) is 0 Å². The molecule has 1 unspecified atom stereocenters. The highest BCUT2D eigenvalue weighted by atomic mass is 16.5. The lowest BCUT2D eigenvalue weighted by Gasteiger charge is -2.58. The molecule has 3 heterocycles. The number of methoxy groups -OCH3 is 1. The van der Waals surface area contributed by atoms with E-state index in [1.807, 2.05) is 0 Å². The SMILES string of the molecule is COc1ccccc1CN[C@@H]1[C@@H]2CCN([C@@H](CCc3ccccc3)C2)[C@H]1C(c1ccccc1)c1ccccc1. The number of hydrogen-bond donors (Lipinski definition) is 1. The number of hydrogen-bond acceptors (Lipinski definition) is 3. The molecule has 0 spiro atoms. The molecule has 39 heavy (non-hydrogen) atoms. The zero-order valence-corrected chi connectivity index (χ0v) is 23.0. The van der Waals surface area contributed by atoms with Crippen molar-refractivity contribution < 1.29 is 4.74 Å². The zero-order chi connectivity index (χ0) is 26.4. The van der Waals surface area contributed by atoms with Gasteiger partial charge in [0.05, 0.1) is 7.11 Å². The van der Waals surface area contributed by atoms with E-state index in [2.05, 4.69) is 125 Å². The van der Waals surface area contributed by atoms with E-state index in [0.717, 1.165) is 18.7 Å². The van der Waals surface area contributed by atoms with Crippen LogP contribution in [0.15, 0.2) is 115 Å². The normalized spacial score (nSPS) is 24.1. The molecule has 0 amide bonds. The Morgan fingerprint density at radius 2 is 1.41 bits per heavy atom. The molecule has 7 rings (SSSR count). The van der Waals surface area contributed by atoms with Crippen molar-refractivity contribution in [1.82, 2.24) is 10.2 Å². The Bertz CT molecular complexity index is 1270. The average Bonchev–Trinajstić information content (AvgIpc) is 3.01. The fourth-order valence-corrected chi connectivity index (χ4v) is 7.24. The maximum Gasteiger partial charge on any atom is 0.123 e. The molecule has 3 aliphatic heterocycles. The number of ether oxygens (including phenoxy) is 1. The molecular weight excluding hydrogens is 476 g/mol. The maximum absolute atomic E-state index is 5.70. The van der Waals surface area contributed by atoms with Gasteiger partial charge in [-0.15, -0.1) is 0 Å². The van der Waals surface area contributed by atoms with Crippen molar-refractivity contribution in [3.05, 3.63) is 138 Å². The first-order valence-corrected chi connectivity index (χ1v) is 14.6. The fraction of sp³-hybridized carbons (Fsp3) is 0.333. The molecule has 3 fully saturated rings. The largest absolute Gasteiger partial charge is 0.496 e. The first-order chi connectivity index (χ1) is 19.3. The Morgan fingerprint density at radius 1 is 0.795 bits per heavy atom. The number of nitrogens with one attached hydrogen (secondary N) is 1. The standard InChI is InChI=1S/C36H40N2O/c1-39-33-20-12-11-19-31(33)26-37-35-30-23-24-38(32(25-30)22-21-27-13-5-2-6-14-27)36(35)34(28-15-7-3-8-16-28)29-17-9-4-10-18-29/h2-20,30,32,34-37H,21-26H2,1H3/t30-,32+,35-,36+/m1/s1. The van der Waals surface area contributed by atoms with Gasteiger partial charge in [0.25, 0.3) is 0 Å². The van der Waals surface area contributed by atoms with Crippen molar-refractivity contribution in [1.29, 1.82) is 0 Å². The highest BCUT2D eigenvalue weighted by Crippen LogP contribution is 2.45. The summed E-state index contributed by atoms with van der Waals surface area (Å²) in [5.41, 5.74) is 5.50. The average molecular weight is 517 g/mol. The molecule has 3 aliphatic rings. The van der Waals surface area contributed by atoms with Crippen LogP contribution >= 0.6 is 0 Å². The molecule has 4 aromatic carbocycles. The summed E-state index contributed by atoms with van der Waals surface area (Å²) in [5.74, 6) is 1.93. The number of para-hydroxylation sites is 1. The molecule has 5 atom stereocenters. The summed E-state index contributed by atoms with van der Waals surface area (Å²) in [6.07, 6.45) is 4.89. The number of fused-ring (bicyclic) bond motifs is 3. The zero-order valence-electron chi connectivity index (χ0n) is 23.0. The van der Waals surface area contributed by atoms with Gasteiger partial charge in [0.15, 0.2) is 0 Å². The highest BCUT2D eigenvalue weighted by molar-refractivity contribution is 5.37. The molecule has 3 heteroatoms. The lowest BCUT2D eigenvalue weighted by molar-refractivity contribution is -0.0418. The van der Waals surface area contributed by atoms with Crippen LogP contribution in [0.2, 0.25) is 0 Å². The van der Waals surface area contributed by atoms with E-state index in [4.69, 9.17) is 4.74 Å². The van der Waals surface area contributed by atoms with Gasteiger partial charge in [0, 0.05) is 36.2 Å². The Balaban J connectivity index is 1.34. The molecule has 0 aromatic heterocycles. The lowest BCUT2D eigenvalue weighted by atomic mass is 9.67. The summed E-state index contributed by atoms with van der Waals surface area (Å²) in [7, 11) is 1.77. The predicted molar refractivity (Wildman–Crippen MR) is 160 cm³/mol. The van der Waals surface area contributed by atoms with E-state index in [-0.39, 0.29) is 0 Å². The van der Waals surface area contributed by atoms with E-state index in [1.165, 1.54) is 48.1 Å². The van der Waals surface area contributed by atoms with Gasteiger partial charge < -0.3 is 10.1 Å². The molecular formula is C36H40N2O. The number of piperidine rings is 3. The first-order valence-electron chi connectivity index (χ1n) is 14.6. The summed E-state index contributed by atoms with van der Waals surface area (Å²) in [6.45, 7) is 2.00. The van der Waals surface area contributed by atoms with Crippen LogP contribution in [0, 0.1) is 5.92 Å². The minimum Gasteiger partial charge on any atom is -0.496 e. The Kier molecular flexibility index (Phi) is 8.08. The van der Waals surface area contributed by atoms with Crippen molar-refractivity contribution in [2.24, 2.45) is 5.92 Å². The summed E-state index contributed by atoms with van der Waals surface area (Å²) < 4.78 is 5.70. The minimum atomic E-state index is 0.310. The van der Waals surface area contributed by atoms with E-state index >= 15 is 0 Å². The number of rotatable bonds is 10. The van der Waals surface area contributed by atoms with Crippen LogP contribution in [0.1, 0.15) is 47.4 Å². The van der Waals surface area contributed by atoms with Gasteiger partial charge in [0.1, 0.15) is 5.75 Å². The van der Waals surface area contributed by atoms with Crippen LogP contribution in [0.25, 0.3) is 0 Å². The lowest BCUT2D eigenvalue weighted by Crippen LogP contribution is -2.67. The van der Waals surface area contributed by atoms with E-state index < -0.39 is 0 Å². The third kappa shape index (κ3) is 5.66. The topological polar surface area (TPSA) is 24.5 Å². The van der Waals surface area contributed by atoms with Gasteiger partial charge in [-0.25, -0.2) is 0 Å². The third-order valence-corrected chi connectivity index (χ3v) is 9.05. The van der Waals surface area contributed by atoms with Crippen LogP contribution in [-0.4, -0.2) is 36.7 Å². The maximum atomic E-state index is 5.70. The molecule has 4 aromatic rings. The Morgan fingerprint density at radius 3 is 2.08 bits per heavy atom. The van der Waals surface area contributed by atoms with E-state index in [1.54, 1.807) is 7.11 Å². The van der Waals surface area contributed by atoms with Crippen LogP contribution in [0.5, 0.6) is 5.75 Å². The van der Waals surface area contributed by atoms with Gasteiger partial charge in [-0.05, 0) is 60.9 Å². The van der Waals surface area contributed by atoms with Gasteiger partial charge in [-0.3, -0.25) is 4.90 Å². The quantitative estimate of drug-likeness (QED) is 0.244. The predicted octanol–water partition coefficient (Wildman–Crippen LogP) is 7.08. The molecule has 3 nitrogen and oxygen atoms in total. The number of nitrogens with zero attached hydrogens (tertiary/aromatic N) is 1.